The molecule has 3 aromatic rings. The lowest BCUT2D eigenvalue weighted by molar-refractivity contribution is -0.384. The zero-order valence-corrected chi connectivity index (χ0v) is 21.5. The number of non-ortho nitro benzene ring substituents is 1. The van der Waals surface area contributed by atoms with Gasteiger partial charge in [0.05, 0.1) is 26.8 Å². The minimum atomic E-state index is -4.19. The normalized spacial score (nSPS) is 13.8. The number of nitro groups is 1. The Balaban J connectivity index is 1.61. The van der Waals surface area contributed by atoms with Gasteiger partial charge in [-0.1, -0.05) is 43.2 Å². The lowest BCUT2D eigenvalue weighted by Gasteiger charge is -2.25. The summed E-state index contributed by atoms with van der Waals surface area (Å²) in [6, 6.07) is 19.1. The van der Waals surface area contributed by atoms with Crippen molar-refractivity contribution in [3.05, 3.63) is 94.5 Å². The number of carbonyl (C=O) groups excluding carboxylic acids is 2. The van der Waals surface area contributed by atoms with Gasteiger partial charge < -0.3 is 10.2 Å². The van der Waals surface area contributed by atoms with E-state index in [9.17, 15) is 28.1 Å². The Labute approximate surface area is 221 Å². The number of nitrogens with zero attached hydrogens (tertiary/aromatic N) is 3. The number of hydrogen-bond acceptors (Lipinski definition) is 6. The van der Waals surface area contributed by atoms with Gasteiger partial charge in [0.2, 0.25) is 5.91 Å². The molecule has 1 saturated heterocycles. The molecule has 0 bridgehead atoms. The third-order valence-corrected chi connectivity index (χ3v) is 8.08. The Morgan fingerprint density at radius 2 is 1.47 bits per heavy atom. The van der Waals surface area contributed by atoms with E-state index >= 15 is 0 Å². The Bertz CT molecular complexity index is 1400. The molecule has 198 valence electrons. The molecule has 0 radical (unpaired) electrons. The molecule has 1 fully saturated rings. The van der Waals surface area contributed by atoms with Crippen LogP contribution in [-0.2, 0) is 14.8 Å². The van der Waals surface area contributed by atoms with Crippen molar-refractivity contribution in [2.45, 2.75) is 30.6 Å². The molecule has 0 saturated carbocycles. The molecule has 1 heterocycles. The highest BCUT2D eigenvalue weighted by Gasteiger charge is 2.28. The summed E-state index contributed by atoms with van der Waals surface area (Å²) >= 11 is 0. The van der Waals surface area contributed by atoms with Crippen LogP contribution in [0.3, 0.4) is 0 Å². The van der Waals surface area contributed by atoms with Crippen LogP contribution in [0.25, 0.3) is 0 Å². The van der Waals surface area contributed by atoms with Gasteiger partial charge in [-0.2, -0.15) is 0 Å². The van der Waals surface area contributed by atoms with E-state index in [1.54, 1.807) is 47.4 Å². The van der Waals surface area contributed by atoms with Gasteiger partial charge in [-0.25, -0.2) is 8.42 Å². The zero-order valence-electron chi connectivity index (χ0n) is 20.7. The van der Waals surface area contributed by atoms with Crippen molar-refractivity contribution < 1.29 is 22.9 Å². The fourth-order valence-electron chi connectivity index (χ4n) is 4.32. The standard InChI is InChI=1S/C27H28N4O6S/c32-26(28-25-13-7-6-12-24(25)27(33)29-18-8-1-2-9-19-29)20-30(21-14-16-22(17-15-21)31(34)35)38(36,37)23-10-4-3-5-11-23/h3-7,10-17H,1-2,8-9,18-20H2,(H,28,32). The molecule has 2 amide bonds. The van der Waals surface area contributed by atoms with Gasteiger partial charge in [0.15, 0.2) is 0 Å². The molecule has 0 atom stereocenters. The topological polar surface area (TPSA) is 130 Å². The summed E-state index contributed by atoms with van der Waals surface area (Å²) < 4.78 is 27.9. The largest absolute Gasteiger partial charge is 0.339 e. The predicted octanol–water partition coefficient (Wildman–Crippen LogP) is 4.45. The maximum atomic E-state index is 13.5. The SMILES string of the molecule is O=C(CN(c1ccc([N+](=O)[O-])cc1)S(=O)(=O)c1ccccc1)Nc1ccccc1C(=O)N1CCCCCC1. The highest BCUT2D eigenvalue weighted by molar-refractivity contribution is 7.92. The van der Waals surface area contributed by atoms with Crippen molar-refractivity contribution >= 4 is 38.9 Å². The van der Waals surface area contributed by atoms with Gasteiger partial charge in [-0.15, -0.1) is 0 Å². The summed E-state index contributed by atoms with van der Waals surface area (Å²) in [5.41, 5.74) is 0.489. The fraction of sp³-hybridized carbons (Fsp3) is 0.259. The van der Waals surface area contributed by atoms with Gasteiger partial charge in [0, 0.05) is 25.2 Å². The highest BCUT2D eigenvalue weighted by Crippen LogP contribution is 2.26. The number of anilines is 2. The number of nitrogens with one attached hydrogen (secondary N) is 1. The first-order valence-corrected chi connectivity index (χ1v) is 13.7. The molecule has 4 rings (SSSR count). The molecule has 0 aromatic heterocycles. The third-order valence-electron chi connectivity index (χ3n) is 6.29. The van der Waals surface area contributed by atoms with E-state index in [0.29, 0.717) is 18.7 Å². The van der Waals surface area contributed by atoms with E-state index in [0.717, 1.165) is 30.0 Å². The maximum absolute atomic E-state index is 13.5. The minimum Gasteiger partial charge on any atom is -0.339 e. The molecular formula is C27H28N4O6S. The molecular weight excluding hydrogens is 508 g/mol. The second kappa shape index (κ2) is 11.9. The summed E-state index contributed by atoms with van der Waals surface area (Å²) in [5, 5.41) is 13.8. The number of para-hydroxylation sites is 1. The molecule has 1 N–H and O–H groups in total. The van der Waals surface area contributed by atoms with Gasteiger partial charge in [0.1, 0.15) is 6.54 Å². The van der Waals surface area contributed by atoms with E-state index in [1.807, 2.05) is 0 Å². The number of hydrogen-bond donors (Lipinski definition) is 1. The number of carbonyl (C=O) groups is 2. The van der Waals surface area contributed by atoms with E-state index in [4.69, 9.17) is 0 Å². The summed E-state index contributed by atoms with van der Waals surface area (Å²) in [6.45, 7) is 0.677. The molecule has 1 aliphatic heterocycles. The second-order valence-electron chi connectivity index (χ2n) is 8.90. The van der Waals surface area contributed by atoms with Crippen molar-refractivity contribution in [2.24, 2.45) is 0 Å². The van der Waals surface area contributed by atoms with Crippen LogP contribution in [0, 0.1) is 10.1 Å². The molecule has 0 unspecified atom stereocenters. The Kier molecular flexibility index (Phi) is 8.37. The Morgan fingerprint density at radius 3 is 2.11 bits per heavy atom. The van der Waals surface area contributed by atoms with Crippen LogP contribution < -0.4 is 9.62 Å². The first kappa shape index (κ1) is 26.8. The molecule has 11 heteroatoms. The first-order chi connectivity index (χ1) is 18.3. The Hall–Kier alpha value is -4.25. The average molecular weight is 537 g/mol. The summed E-state index contributed by atoms with van der Waals surface area (Å²) in [6.07, 6.45) is 3.97. The lowest BCUT2D eigenvalue weighted by atomic mass is 10.1. The van der Waals surface area contributed by atoms with Gasteiger partial charge in [-0.3, -0.25) is 24.0 Å². The first-order valence-electron chi connectivity index (χ1n) is 12.3. The van der Waals surface area contributed by atoms with Crippen LogP contribution in [0.1, 0.15) is 36.0 Å². The number of likely N-dealkylation sites (tertiary alicyclic amines) is 1. The Morgan fingerprint density at radius 1 is 0.868 bits per heavy atom. The van der Waals surface area contributed by atoms with E-state index < -0.39 is 27.4 Å². The maximum Gasteiger partial charge on any atom is 0.269 e. The van der Waals surface area contributed by atoms with E-state index in [-0.39, 0.29) is 27.9 Å². The van der Waals surface area contributed by atoms with Gasteiger partial charge in [-0.05, 0) is 49.2 Å². The quantitative estimate of drug-likeness (QED) is 0.335. The molecule has 0 spiro atoms. The number of amides is 2. The fourth-order valence-corrected chi connectivity index (χ4v) is 5.76. The zero-order chi connectivity index (χ0) is 27.1. The second-order valence-corrected chi connectivity index (χ2v) is 10.8. The number of rotatable bonds is 8. The monoisotopic (exact) mass is 536 g/mol. The van der Waals surface area contributed by atoms with Crippen molar-refractivity contribution in [1.29, 1.82) is 0 Å². The average Bonchev–Trinajstić information content (AvgIpc) is 3.22. The van der Waals surface area contributed by atoms with Gasteiger partial charge >= 0.3 is 0 Å². The summed E-state index contributed by atoms with van der Waals surface area (Å²) in [7, 11) is -4.19. The van der Waals surface area contributed by atoms with Gasteiger partial charge in [0.25, 0.3) is 21.6 Å². The number of nitro benzene ring substituents is 1. The summed E-state index contributed by atoms with van der Waals surface area (Å²) in [4.78, 5) is 38.7. The third kappa shape index (κ3) is 6.17. The van der Waals surface area contributed by atoms with Crippen LogP contribution in [-0.4, -0.2) is 49.7 Å². The van der Waals surface area contributed by atoms with Crippen LogP contribution >= 0.6 is 0 Å². The number of sulfonamides is 1. The molecule has 10 nitrogen and oxygen atoms in total. The smallest absolute Gasteiger partial charge is 0.269 e. The number of benzene rings is 3. The summed E-state index contributed by atoms with van der Waals surface area (Å²) in [5.74, 6) is -0.856. The highest BCUT2D eigenvalue weighted by atomic mass is 32.2. The predicted molar refractivity (Wildman–Crippen MR) is 144 cm³/mol. The molecule has 0 aliphatic carbocycles. The van der Waals surface area contributed by atoms with Crippen molar-refractivity contribution in [2.75, 3.05) is 29.3 Å². The van der Waals surface area contributed by atoms with Crippen molar-refractivity contribution in [1.82, 2.24) is 4.90 Å². The van der Waals surface area contributed by atoms with Crippen LogP contribution in [0.15, 0.2) is 83.8 Å². The molecule has 3 aromatic carbocycles. The van der Waals surface area contributed by atoms with Crippen LogP contribution in [0.2, 0.25) is 0 Å². The van der Waals surface area contributed by atoms with Crippen LogP contribution in [0.5, 0.6) is 0 Å². The molecule has 1 aliphatic rings. The van der Waals surface area contributed by atoms with Crippen molar-refractivity contribution in [3.63, 3.8) is 0 Å². The molecule has 38 heavy (non-hydrogen) atoms. The van der Waals surface area contributed by atoms with Crippen LogP contribution in [0.4, 0.5) is 17.1 Å². The lowest BCUT2D eigenvalue weighted by Crippen LogP contribution is -2.38. The van der Waals surface area contributed by atoms with E-state index in [1.165, 1.54) is 36.4 Å². The van der Waals surface area contributed by atoms with E-state index in [2.05, 4.69) is 5.32 Å². The minimum absolute atomic E-state index is 0.0390. The van der Waals surface area contributed by atoms with Crippen molar-refractivity contribution in [3.8, 4) is 0 Å².